The van der Waals surface area contributed by atoms with Crippen molar-refractivity contribution in [2.75, 3.05) is 4.72 Å². The number of hydrogen-bond acceptors (Lipinski definition) is 4. The molecule has 110 valence electrons. The standard InChI is InChI=1S/C14H13BrN2O2S2/c1-14(2,9-16)10-3-5-11(6-4-10)17-21(18,19)13-12(15)7-8-20-13/h3-8,17H,1-2H3. The summed E-state index contributed by atoms with van der Waals surface area (Å²) in [7, 11) is -3.60. The van der Waals surface area contributed by atoms with Crippen LogP contribution in [0, 0.1) is 11.3 Å². The van der Waals surface area contributed by atoms with E-state index >= 15 is 0 Å². The number of rotatable bonds is 4. The van der Waals surface area contributed by atoms with Gasteiger partial charge in [-0.25, -0.2) is 8.42 Å². The zero-order chi connectivity index (χ0) is 15.7. The molecule has 0 aliphatic rings. The minimum absolute atomic E-state index is 0.240. The van der Waals surface area contributed by atoms with Gasteiger partial charge in [0.15, 0.2) is 4.21 Å². The van der Waals surface area contributed by atoms with Gasteiger partial charge in [0.05, 0.1) is 11.5 Å². The van der Waals surface area contributed by atoms with E-state index in [1.54, 1.807) is 35.7 Å². The molecule has 4 nitrogen and oxygen atoms in total. The van der Waals surface area contributed by atoms with Crippen LogP contribution in [0.25, 0.3) is 0 Å². The highest BCUT2D eigenvalue weighted by Gasteiger charge is 2.21. The van der Waals surface area contributed by atoms with Gasteiger partial charge in [0.2, 0.25) is 0 Å². The van der Waals surface area contributed by atoms with Crippen molar-refractivity contribution in [3.63, 3.8) is 0 Å². The minimum Gasteiger partial charge on any atom is -0.279 e. The Hall–Kier alpha value is -1.36. The van der Waals surface area contributed by atoms with E-state index in [1.807, 2.05) is 13.8 Å². The Morgan fingerprint density at radius 2 is 1.86 bits per heavy atom. The van der Waals surface area contributed by atoms with Crippen molar-refractivity contribution in [1.82, 2.24) is 0 Å². The molecule has 0 saturated heterocycles. The van der Waals surface area contributed by atoms with E-state index in [-0.39, 0.29) is 4.21 Å². The van der Waals surface area contributed by atoms with Crippen LogP contribution in [-0.2, 0) is 15.4 Å². The zero-order valence-electron chi connectivity index (χ0n) is 11.4. The van der Waals surface area contributed by atoms with Crippen LogP contribution in [0.2, 0.25) is 0 Å². The van der Waals surface area contributed by atoms with Crippen LogP contribution < -0.4 is 4.72 Å². The molecule has 0 unspecified atom stereocenters. The molecular weight excluding hydrogens is 372 g/mol. The largest absolute Gasteiger partial charge is 0.279 e. The van der Waals surface area contributed by atoms with E-state index in [1.165, 1.54) is 0 Å². The maximum Gasteiger partial charge on any atom is 0.272 e. The Morgan fingerprint density at radius 3 is 2.33 bits per heavy atom. The molecule has 21 heavy (non-hydrogen) atoms. The van der Waals surface area contributed by atoms with E-state index in [0.29, 0.717) is 10.2 Å². The summed E-state index contributed by atoms with van der Waals surface area (Å²) < 4.78 is 27.8. The Morgan fingerprint density at radius 1 is 1.24 bits per heavy atom. The zero-order valence-corrected chi connectivity index (χ0v) is 14.6. The molecule has 7 heteroatoms. The third-order valence-corrected chi connectivity index (χ3v) is 7.02. The van der Waals surface area contributed by atoms with Gasteiger partial charge in [-0.15, -0.1) is 11.3 Å². The van der Waals surface area contributed by atoms with Gasteiger partial charge < -0.3 is 0 Å². The predicted molar refractivity (Wildman–Crippen MR) is 87.9 cm³/mol. The number of halogens is 1. The summed E-state index contributed by atoms with van der Waals surface area (Å²) in [6.07, 6.45) is 0. The molecule has 2 rings (SSSR count). The average Bonchev–Trinajstić information content (AvgIpc) is 2.86. The molecule has 1 N–H and O–H groups in total. The lowest BCUT2D eigenvalue weighted by molar-refractivity contribution is 0.603. The predicted octanol–water partition coefficient (Wildman–Crippen LogP) is 4.11. The van der Waals surface area contributed by atoms with Crippen LogP contribution in [-0.4, -0.2) is 8.42 Å². The summed E-state index contributed by atoms with van der Waals surface area (Å²) in [5.41, 5.74) is 0.701. The summed E-state index contributed by atoms with van der Waals surface area (Å²) in [6.45, 7) is 3.63. The molecule has 0 spiro atoms. The highest BCUT2D eigenvalue weighted by Crippen LogP contribution is 2.30. The first-order valence-electron chi connectivity index (χ1n) is 6.04. The van der Waals surface area contributed by atoms with Crippen LogP contribution >= 0.6 is 27.3 Å². The first kappa shape index (κ1) is 16.0. The van der Waals surface area contributed by atoms with Crippen molar-refractivity contribution in [1.29, 1.82) is 5.26 Å². The van der Waals surface area contributed by atoms with Crippen LogP contribution in [0.1, 0.15) is 19.4 Å². The molecule has 2 aromatic rings. The maximum absolute atomic E-state index is 12.2. The molecule has 0 radical (unpaired) electrons. The van der Waals surface area contributed by atoms with Gasteiger partial charge >= 0.3 is 0 Å². The second-order valence-corrected chi connectivity index (χ2v) is 8.62. The van der Waals surface area contributed by atoms with Crippen molar-refractivity contribution in [3.05, 3.63) is 45.7 Å². The molecule has 0 atom stereocenters. The maximum atomic E-state index is 12.2. The van der Waals surface area contributed by atoms with E-state index in [0.717, 1.165) is 16.9 Å². The van der Waals surface area contributed by atoms with Gasteiger partial charge in [-0.3, -0.25) is 4.72 Å². The Labute approximate surface area is 136 Å². The van der Waals surface area contributed by atoms with E-state index in [9.17, 15) is 8.42 Å². The number of benzene rings is 1. The summed E-state index contributed by atoms with van der Waals surface area (Å²) in [6, 6.07) is 10.7. The molecule has 1 aromatic carbocycles. The smallest absolute Gasteiger partial charge is 0.272 e. The van der Waals surface area contributed by atoms with Gasteiger partial charge in [0.25, 0.3) is 10.0 Å². The lowest BCUT2D eigenvalue weighted by Gasteiger charge is -2.16. The van der Waals surface area contributed by atoms with E-state index in [2.05, 4.69) is 26.7 Å². The fraction of sp³-hybridized carbons (Fsp3) is 0.214. The van der Waals surface area contributed by atoms with Gasteiger partial charge in [-0.05, 0) is 58.9 Å². The fourth-order valence-electron chi connectivity index (χ4n) is 1.69. The molecule has 0 fully saturated rings. The van der Waals surface area contributed by atoms with Crippen molar-refractivity contribution in [2.24, 2.45) is 0 Å². The quantitative estimate of drug-likeness (QED) is 0.861. The van der Waals surface area contributed by atoms with Crippen LogP contribution in [0.15, 0.2) is 44.4 Å². The summed E-state index contributed by atoms with van der Waals surface area (Å²) in [4.78, 5) is 0. The highest BCUT2D eigenvalue weighted by atomic mass is 79.9. The molecule has 0 amide bonds. The fourth-order valence-corrected chi connectivity index (χ4v) is 5.09. The lowest BCUT2D eigenvalue weighted by atomic mass is 9.86. The van der Waals surface area contributed by atoms with Crippen molar-refractivity contribution in [3.8, 4) is 6.07 Å². The monoisotopic (exact) mass is 384 g/mol. The third kappa shape index (κ3) is 3.46. The van der Waals surface area contributed by atoms with Crippen LogP contribution in [0.5, 0.6) is 0 Å². The van der Waals surface area contributed by atoms with Crippen LogP contribution in [0.3, 0.4) is 0 Å². The van der Waals surface area contributed by atoms with Gasteiger partial charge in [0.1, 0.15) is 0 Å². The number of hydrogen-bond donors (Lipinski definition) is 1. The number of nitriles is 1. The summed E-state index contributed by atoms with van der Waals surface area (Å²) >= 11 is 4.36. The van der Waals surface area contributed by atoms with Crippen molar-refractivity contribution < 1.29 is 8.42 Å². The van der Waals surface area contributed by atoms with Gasteiger partial charge in [0, 0.05) is 10.2 Å². The minimum atomic E-state index is -3.60. The first-order valence-corrected chi connectivity index (χ1v) is 9.19. The normalized spacial score (nSPS) is 11.9. The number of sulfonamides is 1. The number of nitrogens with zero attached hydrogens (tertiary/aromatic N) is 1. The third-order valence-electron chi connectivity index (χ3n) is 2.97. The molecule has 0 saturated carbocycles. The van der Waals surface area contributed by atoms with E-state index < -0.39 is 15.4 Å². The number of thiophene rings is 1. The Kier molecular flexibility index (Phi) is 4.42. The Bertz CT molecular complexity index is 787. The van der Waals surface area contributed by atoms with Crippen molar-refractivity contribution in [2.45, 2.75) is 23.5 Å². The molecule has 0 bridgehead atoms. The van der Waals surface area contributed by atoms with Crippen molar-refractivity contribution >= 4 is 43.0 Å². The first-order chi connectivity index (χ1) is 9.76. The second kappa shape index (κ2) is 5.79. The lowest BCUT2D eigenvalue weighted by Crippen LogP contribution is -2.15. The average molecular weight is 385 g/mol. The highest BCUT2D eigenvalue weighted by molar-refractivity contribution is 9.10. The van der Waals surface area contributed by atoms with E-state index in [4.69, 9.17) is 5.26 Å². The second-order valence-electron chi connectivity index (χ2n) is 4.98. The number of anilines is 1. The molecular formula is C14H13BrN2O2S2. The SMILES string of the molecule is CC(C)(C#N)c1ccc(NS(=O)(=O)c2sccc2Br)cc1. The summed E-state index contributed by atoms with van der Waals surface area (Å²) in [5.74, 6) is 0. The molecule has 1 aromatic heterocycles. The molecule has 1 heterocycles. The Balaban J connectivity index is 2.26. The van der Waals surface area contributed by atoms with Gasteiger partial charge in [-0.2, -0.15) is 5.26 Å². The summed E-state index contributed by atoms with van der Waals surface area (Å²) in [5, 5.41) is 10.8. The van der Waals surface area contributed by atoms with Gasteiger partial charge in [-0.1, -0.05) is 12.1 Å². The number of nitrogens with one attached hydrogen (secondary N) is 1. The molecule has 0 aliphatic carbocycles. The van der Waals surface area contributed by atoms with Crippen LogP contribution in [0.4, 0.5) is 5.69 Å². The topological polar surface area (TPSA) is 70.0 Å². The molecule has 0 aliphatic heterocycles.